The van der Waals surface area contributed by atoms with E-state index in [2.05, 4.69) is 25.8 Å². The van der Waals surface area contributed by atoms with Crippen LogP contribution in [0.1, 0.15) is 62.1 Å². The average molecular weight is 295 g/mol. The van der Waals surface area contributed by atoms with E-state index in [9.17, 15) is 4.79 Å². The van der Waals surface area contributed by atoms with Gasteiger partial charge in [-0.15, -0.1) is 11.3 Å². The van der Waals surface area contributed by atoms with Gasteiger partial charge in [0.1, 0.15) is 10.7 Å². The fraction of sp³-hybridized carbons (Fsp3) is 0.733. The van der Waals surface area contributed by atoms with Gasteiger partial charge in [0.05, 0.1) is 6.04 Å². The van der Waals surface area contributed by atoms with Gasteiger partial charge in [-0.1, -0.05) is 20.8 Å². The maximum atomic E-state index is 12.4. The van der Waals surface area contributed by atoms with Crippen LogP contribution in [0.5, 0.6) is 0 Å². The van der Waals surface area contributed by atoms with E-state index in [0.717, 1.165) is 30.9 Å². The second kappa shape index (κ2) is 5.82. The first kappa shape index (κ1) is 15.4. The summed E-state index contributed by atoms with van der Waals surface area (Å²) in [6.07, 6.45) is 2.17. The molecule has 1 atom stereocenters. The minimum atomic E-state index is -0.104. The van der Waals surface area contributed by atoms with Gasteiger partial charge in [0.2, 0.25) is 0 Å². The molecule has 0 bridgehead atoms. The van der Waals surface area contributed by atoms with Crippen molar-refractivity contribution in [3.63, 3.8) is 0 Å². The minimum Gasteiger partial charge on any atom is -0.337 e. The van der Waals surface area contributed by atoms with Crippen molar-refractivity contribution in [3.05, 3.63) is 16.1 Å². The summed E-state index contributed by atoms with van der Waals surface area (Å²) in [6, 6.07) is -0.104. The van der Waals surface area contributed by atoms with E-state index in [4.69, 9.17) is 5.73 Å². The van der Waals surface area contributed by atoms with Crippen molar-refractivity contribution in [2.24, 2.45) is 17.1 Å². The number of hydrogen-bond acceptors (Lipinski definition) is 4. The van der Waals surface area contributed by atoms with Gasteiger partial charge in [-0.3, -0.25) is 4.79 Å². The Morgan fingerprint density at radius 2 is 2.05 bits per heavy atom. The monoisotopic (exact) mass is 295 g/mol. The topological polar surface area (TPSA) is 59.2 Å². The number of nitrogens with two attached hydrogens (primary N) is 1. The summed E-state index contributed by atoms with van der Waals surface area (Å²) in [4.78, 5) is 18.7. The van der Waals surface area contributed by atoms with E-state index < -0.39 is 0 Å². The standard InChI is InChI=1S/C15H25N3OS/c1-10(16)13-17-12(9-20-13)14(19)18-7-5-11(6-8-18)15(2,3)4/h9-11H,5-8,16H2,1-4H3. The van der Waals surface area contributed by atoms with Crippen LogP contribution < -0.4 is 5.73 Å². The molecule has 0 aliphatic carbocycles. The Balaban J connectivity index is 1.98. The smallest absolute Gasteiger partial charge is 0.273 e. The number of carbonyl (C=O) groups is 1. The number of rotatable bonds is 2. The fourth-order valence-corrected chi connectivity index (χ4v) is 3.46. The maximum Gasteiger partial charge on any atom is 0.273 e. The van der Waals surface area contributed by atoms with Crippen molar-refractivity contribution in [2.45, 2.75) is 46.6 Å². The number of nitrogens with zero attached hydrogens (tertiary/aromatic N) is 2. The third kappa shape index (κ3) is 3.38. The summed E-state index contributed by atoms with van der Waals surface area (Å²) >= 11 is 1.47. The van der Waals surface area contributed by atoms with Gasteiger partial charge in [-0.25, -0.2) is 4.98 Å². The summed E-state index contributed by atoms with van der Waals surface area (Å²) in [5, 5.41) is 2.66. The van der Waals surface area contributed by atoms with E-state index in [1.165, 1.54) is 11.3 Å². The lowest BCUT2D eigenvalue weighted by Crippen LogP contribution is -2.41. The molecule has 112 valence electrons. The van der Waals surface area contributed by atoms with Crippen LogP contribution in [-0.2, 0) is 0 Å². The van der Waals surface area contributed by atoms with Crippen molar-refractivity contribution < 1.29 is 4.79 Å². The highest BCUT2D eigenvalue weighted by atomic mass is 32.1. The largest absolute Gasteiger partial charge is 0.337 e. The average Bonchev–Trinajstić information content (AvgIpc) is 2.86. The zero-order valence-corrected chi connectivity index (χ0v) is 13.7. The predicted octanol–water partition coefficient (Wildman–Crippen LogP) is 3.06. The first-order valence-corrected chi connectivity index (χ1v) is 8.17. The Morgan fingerprint density at radius 3 is 2.50 bits per heavy atom. The number of hydrogen-bond donors (Lipinski definition) is 1. The molecule has 1 unspecified atom stereocenters. The van der Waals surface area contributed by atoms with Crippen molar-refractivity contribution in [1.82, 2.24) is 9.88 Å². The Labute approximate surface area is 125 Å². The highest BCUT2D eigenvalue weighted by Crippen LogP contribution is 2.34. The van der Waals surface area contributed by atoms with Gasteiger partial charge in [-0.2, -0.15) is 0 Å². The van der Waals surface area contributed by atoms with E-state index in [0.29, 0.717) is 17.0 Å². The molecule has 2 N–H and O–H groups in total. The zero-order valence-electron chi connectivity index (χ0n) is 12.8. The van der Waals surface area contributed by atoms with Crippen LogP contribution in [0.3, 0.4) is 0 Å². The lowest BCUT2D eigenvalue weighted by Gasteiger charge is -2.38. The number of aromatic nitrogens is 1. The Bertz CT molecular complexity index is 468. The molecule has 1 saturated heterocycles. The zero-order chi connectivity index (χ0) is 14.9. The van der Waals surface area contributed by atoms with Gasteiger partial charge in [0.15, 0.2) is 0 Å². The number of amides is 1. The molecular formula is C15H25N3OS. The molecule has 5 heteroatoms. The van der Waals surface area contributed by atoms with Crippen molar-refractivity contribution >= 4 is 17.2 Å². The molecule has 0 spiro atoms. The molecule has 0 aromatic carbocycles. The van der Waals surface area contributed by atoms with Gasteiger partial charge in [0, 0.05) is 18.5 Å². The molecule has 1 amide bonds. The van der Waals surface area contributed by atoms with Gasteiger partial charge < -0.3 is 10.6 Å². The third-order valence-electron chi connectivity index (χ3n) is 4.14. The van der Waals surface area contributed by atoms with Crippen molar-refractivity contribution in [2.75, 3.05) is 13.1 Å². The van der Waals surface area contributed by atoms with Crippen LogP contribution >= 0.6 is 11.3 Å². The molecule has 0 saturated carbocycles. The van der Waals surface area contributed by atoms with E-state index in [1.54, 1.807) is 0 Å². The number of likely N-dealkylation sites (tertiary alicyclic amines) is 1. The summed E-state index contributed by atoms with van der Waals surface area (Å²) < 4.78 is 0. The molecule has 4 nitrogen and oxygen atoms in total. The molecule has 1 fully saturated rings. The first-order valence-electron chi connectivity index (χ1n) is 7.29. The summed E-state index contributed by atoms with van der Waals surface area (Å²) in [5.74, 6) is 0.752. The van der Waals surface area contributed by atoms with Crippen LogP contribution in [-0.4, -0.2) is 28.9 Å². The Morgan fingerprint density at radius 1 is 1.45 bits per heavy atom. The molecule has 0 radical (unpaired) electrons. The highest BCUT2D eigenvalue weighted by molar-refractivity contribution is 7.09. The quantitative estimate of drug-likeness (QED) is 0.912. The molecule has 2 rings (SSSR count). The molecule has 2 heterocycles. The summed E-state index contributed by atoms with van der Waals surface area (Å²) in [6.45, 7) is 10.4. The van der Waals surface area contributed by atoms with Crippen LogP contribution in [0, 0.1) is 11.3 Å². The summed E-state index contributed by atoms with van der Waals surface area (Å²) in [5.41, 5.74) is 6.68. The van der Waals surface area contributed by atoms with E-state index in [1.807, 2.05) is 17.2 Å². The van der Waals surface area contributed by atoms with Crippen LogP contribution in [0.4, 0.5) is 0 Å². The fourth-order valence-electron chi connectivity index (χ4n) is 2.71. The lowest BCUT2D eigenvalue weighted by atomic mass is 9.75. The summed E-state index contributed by atoms with van der Waals surface area (Å²) in [7, 11) is 0. The number of carbonyl (C=O) groups excluding carboxylic acids is 1. The van der Waals surface area contributed by atoms with E-state index in [-0.39, 0.29) is 11.9 Å². The third-order valence-corrected chi connectivity index (χ3v) is 5.18. The van der Waals surface area contributed by atoms with Gasteiger partial charge >= 0.3 is 0 Å². The van der Waals surface area contributed by atoms with Gasteiger partial charge in [0.25, 0.3) is 5.91 Å². The first-order chi connectivity index (χ1) is 9.29. The molecule has 20 heavy (non-hydrogen) atoms. The van der Waals surface area contributed by atoms with Crippen LogP contribution in [0.2, 0.25) is 0 Å². The van der Waals surface area contributed by atoms with Crippen molar-refractivity contribution in [3.8, 4) is 0 Å². The molecule has 1 aromatic heterocycles. The molecule has 1 aliphatic rings. The maximum absolute atomic E-state index is 12.4. The molecule has 1 aromatic rings. The van der Waals surface area contributed by atoms with Crippen molar-refractivity contribution in [1.29, 1.82) is 0 Å². The molecule has 1 aliphatic heterocycles. The normalized spacial score (nSPS) is 19.1. The Hall–Kier alpha value is -0.940. The van der Waals surface area contributed by atoms with Crippen LogP contribution in [0.25, 0.3) is 0 Å². The van der Waals surface area contributed by atoms with E-state index >= 15 is 0 Å². The Kier molecular flexibility index (Phi) is 4.49. The van der Waals surface area contributed by atoms with Crippen LogP contribution in [0.15, 0.2) is 5.38 Å². The molecular weight excluding hydrogens is 270 g/mol. The second-order valence-corrected chi connectivity index (χ2v) is 7.68. The predicted molar refractivity (Wildman–Crippen MR) is 82.8 cm³/mol. The number of thiazole rings is 1. The minimum absolute atomic E-state index is 0.0560. The van der Waals surface area contributed by atoms with Gasteiger partial charge in [-0.05, 0) is 31.1 Å². The highest BCUT2D eigenvalue weighted by Gasteiger charge is 2.31. The lowest BCUT2D eigenvalue weighted by molar-refractivity contribution is 0.0603. The SMILES string of the molecule is CC(N)c1nc(C(=O)N2CCC(C(C)(C)C)CC2)cs1. The second-order valence-electron chi connectivity index (χ2n) is 6.79. The number of piperidine rings is 1.